The number of benzene rings is 4. The summed E-state index contributed by atoms with van der Waals surface area (Å²) in [6.45, 7) is 3.33. The van der Waals surface area contributed by atoms with Crippen LogP contribution in [0.1, 0.15) is 110 Å². The SMILES string of the molecule is CC1CN(CC(O)[C@H](C)n2cc(CNC(=O)[C@H](Cc3ccc(C(=O)c4ccccc4)cc3)NC(=O)CCCCCNC(=O)CCCC[C@@H]3SC[C@@H]4NC(=O)N[C@@H]43)nn2)S(=O)(=O)c2ccc(cc2)S(=O)(=O)c2cccc3ccc1nc23. The summed E-state index contributed by atoms with van der Waals surface area (Å²) >= 11 is 1.86. The maximum absolute atomic E-state index is 14.3. The van der Waals surface area contributed by atoms with Gasteiger partial charge in [0.15, 0.2) is 5.78 Å². The zero-order valence-electron chi connectivity index (χ0n) is 44.5. The number of unbranched alkanes of at least 4 members (excludes halogenated alkanes) is 3. The molecule has 4 bridgehead atoms. The fraction of sp³-hybridized carbons (Fsp3) is 0.404. The summed E-state index contributed by atoms with van der Waals surface area (Å²) in [5.41, 5.74) is 2.75. The molecule has 4 aromatic carbocycles. The number of aliphatic hydroxyl groups is 1. The Morgan fingerprint density at radius 1 is 0.800 bits per heavy atom. The topological polar surface area (TPSA) is 281 Å². The first-order chi connectivity index (χ1) is 38.4. The van der Waals surface area contributed by atoms with Gasteiger partial charge in [0.1, 0.15) is 11.7 Å². The van der Waals surface area contributed by atoms with E-state index in [1.165, 1.54) is 41.2 Å². The van der Waals surface area contributed by atoms with Gasteiger partial charge in [-0.05, 0) is 74.6 Å². The first kappa shape index (κ1) is 57.6. The van der Waals surface area contributed by atoms with E-state index < -0.39 is 49.9 Å². The number of sulfonamides is 1. The smallest absolute Gasteiger partial charge is 0.315 e. The van der Waals surface area contributed by atoms with E-state index in [-0.39, 0.29) is 88.4 Å². The van der Waals surface area contributed by atoms with Gasteiger partial charge < -0.3 is 31.7 Å². The van der Waals surface area contributed by atoms with Gasteiger partial charge in [-0.1, -0.05) is 97.8 Å². The van der Waals surface area contributed by atoms with E-state index >= 15 is 0 Å². The van der Waals surface area contributed by atoms with Gasteiger partial charge in [0, 0.05) is 78.0 Å². The highest BCUT2D eigenvalue weighted by molar-refractivity contribution is 8.00. The van der Waals surface area contributed by atoms with Gasteiger partial charge in [-0.2, -0.15) is 16.1 Å². The molecule has 6 N–H and O–H groups in total. The molecule has 5 amide bonds. The second kappa shape index (κ2) is 25.6. The predicted octanol–water partition coefficient (Wildman–Crippen LogP) is 5.37. The molecule has 4 aliphatic heterocycles. The molecule has 0 spiro atoms. The third-order valence-corrected chi connectivity index (χ3v) is 20.1. The number of nitrogens with zero attached hydrogens (tertiary/aromatic N) is 5. The number of aromatic nitrogens is 4. The molecule has 422 valence electrons. The van der Waals surface area contributed by atoms with Crippen LogP contribution in [0.4, 0.5) is 4.79 Å². The van der Waals surface area contributed by atoms with E-state index in [2.05, 4.69) is 36.9 Å². The molecular weight excluding hydrogens is 1080 g/mol. The van der Waals surface area contributed by atoms with Crippen LogP contribution in [0.25, 0.3) is 10.9 Å². The van der Waals surface area contributed by atoms with E-state index in [9.17, 15) is 45.9 Å². The third-order valence-electron chi connectivity index (χ3n) is 14.9. The van der Waals surface area contributed by atoms with Crippen LogP contribution in [0.3, 0.4) is 0 Å². The molecular formula is C57H66N10O10S3. The van der Waals surface area contributed by atoms with E-state index in [0.29, 0.717) is 70.9 Å². The van der Waals surface area contributed by atoms with Crippen LogP contribution in [-0.2, 0) is 47.2 Å². The van der Waals surface area contributed by atoms with Gasteiger partial charge in [0.05, 0.1) is 57.2 Å². The largest absolute Gasteiger partial charge is 0.390 e. The predicted molar refractivity (Wildman–Crippen MR) is 301 cm³/mol. The van der Waals surface area contributed by atoms with E-state index in [1.807, 2.05) is 17.8 Å². The molecule has 2 saturated heterocycles. The Morgan fingerprint density at radius 3 is 2.30 bits per heavy atom. The number of rotatable bonds is 23. The van der Waals surface area contributed by atoms with Crippen LogP contribution in [0.2, 0.25) is 0 Å². The van der Waals surface area contributed by atoms with Crippen molar-refractivity contribution in [3.05, 3.63) is 143 Å². The standard InChI is InChI=1S/C57H66N10O10S3/c1-36-32-66(80(76,77)44-26-24-43(25-27-44)79(74,75)50-16-11-14-39-23-28-45(36)61-53(39)50)34-48(68)37(2)67-33-42(64-65-67)31-59-56(72)46(30-38-19-21-41(22-20-38)55(71)40-12-5-3-6-13-40)60-52(70)18-7-4-10-29-58-51(69)17-9-8-15-49-54-47(35-78-49)62-57(73)63-54/h3,5-6,11-14,16,19-28,33,36-37,46-49,54,68H,4,7-10,15,17-18,29-32,34-35H2,1-2H3,(H,58,69)(H,59,72)(H,60,70)(H2,62,63,73)/t36?,37-,46-,47-,48?,49-,54-/m0/s1. The lowest BCUT2D eigenvalue weighted by molar-refractivity contribution is -0.129. The van der Waals surface area contributed by atoms with Crippen molar-refractivity contribution in [2.24, 2.45) is 0 Å². The molecule has 10 rings (SSSR count). The van der Waals surface area contributed by atoms with Crippen LogP contribution < -0.4 is 26.6 Å². The van der Waals surface area contributed by atoms with Gasteiger partial charge >= 0.3 is 6.03 Å². The zero-order chi connectivity index (χ0) is 56.6. The summed E-state index contributed by atoms with van der Waals surface area (Å²) in [6.07, 6.45) is 5.33. The molecule has 0 aliphatic carbocycles. The van der Waals surface area contributed by atoms with Crippen molar-refractivity contribution >= 4 is 72.1 Å². The molecule has 7 atom stereocenters. The first-order valence-corrected chi connectivity index (χ1v) is 31.0. The fourth-order valence-corrected chi connectivity index (χ4v) is 14.7. The summed E-state index contributed by atoms with van der Waals surface area (Å²) in [4.78, 5) is 69.2. The normalized spacial score (nSPS) is 20.3. The summed E-state index contributed by atoms with van der Waals surface area (Å²) in [6, 6.07) is 27.5. The van der Waals surface area contributed by atoms with Crippen LogP contribution in [-0.4, -0.2) is 131 Å². The minimum Gasteiger partial charge on any atom is -0.390 e. The maximum Gasteiger partial charge on any atom is 0.315 e. The number of urea groups is 1. The third kappa shape index (κ3) is 13.7. The van der Waals surface area contributed by atoms with Gasteiger partial charge in [-0.3, -0.25) is 24.2 Å². The molecule has 6 aromatic rings. The summed E-state index contributed by atoms with van der Waals surface area (Å²) in [5, 5.41) is 35.7. The lowest BCUT2D eigenvalue weighted by Crippen LogP contribution is -2.47. The van der Waals surface area contributed by atoms with Crippen molar-refractivity contribution in [2.45, 2.75) is 134 Å². The number of hydrogen-bond acceptors (Lipinski definition) is 14. The van der Waals surface area contributed by atoms with Crippen molar-refractivity contribution in [1.82, 2.24) is 50.9 Å². The Hall–Kier alpha value is -7.05. The van der Waals surface area contributed by atoms with Crippen molar-refractivity contribution in [1.29, 1.82) is 0 Å². The van der Waals surface area contributed by atoms with Gasteiger partial charge in [-0.15, -0.1) is 5.10 Å². The minimum absolute atomic E-state index is 0.00797. The molecule has 2 fully saturated rings. The summed E-state index contributed by atoms with van der Waals surface area (Å²) < 4.78 is 58.8. The number of carbonyl (C=O) groups excluding carboxylic acids is 5. The molecule has 6 heterocycles. The highest BCUT2D eigenvalue weighted by Gasteiger charge is 2.42. The number of para-hydroxylation sites is 1. The Labute approximate surface area is 469 Å². The van der Waals surface area contributed by atoms with Crippen molar-refractivity contribution in [3.8, 4) is 0 Å². The lowest BCUT2D eigenvalue weighted by atomic mass is 9.99. The number of sulfone groups is 1. The zero-order valence-corrected chi connectivity index (χ0v) is 46.9. The van der Waals surface area contributed by atoms with Crippen LogP contribution in [0.15, 0.2) is 130 Å². The van der Waals surface area contributed by atoms with Crippen molar-refractivity contribution in [3.63, 3.8) is 0 Å². The minimum atomic E-state index is -4.30. The van der Waals surface area contributed by atoms with E-state index in [4.69, 9.17) is 4.98 Å². The molecule has 0 radical (unpaired) electrons. The van der Waals surface area contributed by atoms with E-state index in [1.54, 1.807) is 86.6 Å². The molecule has 20 nitrogen and oxygen atoms in total. The number of pyridine rings is 1. The molecule has 2 aromatic heterocycles. The number of ketones is 1. The van der Waals surface area contributed by atoms with Gasteiger partial charge in [0.25, 0.3) is 0 Å². The Balaban J connectivity index is 0.792. The quantitative estimate of drug-likeness (QED) is 0.0268. The summed E-state index contributed by atoms with van der Waals surface area (Å²) in [7, 11) is -8.37. The molecule has 4 aliphatic rings. The number of nitrogens with one attached hydrogen (secondary N) is 5. The van der Waals surface area contributed by atoms with E-state index in [0.717, 1.165) is 29.3 Å². The fourth-order valence-electron chi connectivity index (χ4n) is 10.2. The lowest BCUT2D eigenvalue weighted by Gasteiger charge is -2.29. The second-order valence-electron chi connectivity index (χ2n) is 20.7. The number of amides is 5. The van der Waals surface area contributed by atoms with Crippen LogP contribution in [0.5, 0.6) is 0 Å². The molecule has 0 saturated carbocycles. The Bertz CT molecular complexity index is 3440. The maximum atomic E-state index is 14.3. The highest BCUT2D eigenvalue weighted by atomic mass is 32.2. The second-order valence-corrected chi connectivity index (χ2v) is 25.9. The molecule has 2 unspecified atom stereocenters. The van der Waals surface area contributed by atoms with Gasteiger partial charge in [-0.25, -0.2) is 26.3 Å². The Morgan fingerprint density at radius 2 is 1.52 bits per heavy atom. The van der Waals surface area contributed by atoms with Crippen molar-refractivity contribution in [2.75, 3.05) is 25.4 Å². The monoisotopic (exact) mass is 1150 g/mol. The van der Waals surface area contributed by atoms with Crippen molar-refractivity contribution < 1.29 is 45.9 Å². The number of aliphatic hydroxyl groups excluding tert-OH is 1. The average Bonchev–Trinajstić information content (AvgIpc) is 4.21. The number of hydrogen-bond donors (Lipinski definition) is 6. The Kier molecular flexibility index (Phi) is 18.4. The summed E-state index contributed by atoms with van der Waals surface area (Å²) in [5.74, 6) is -0.648. The number of thioether (sulfide) groups is 1. The van der Waals surface area contributed by atoms with Gasteiger partial charge in [0.2, 0.25) is 37.6 Å². The van der Waals surface area contributed by atoms with Crippen LogP contribution >= 0.6 is 11.8 Å². The number of fused-ring (bicyclic) bond motifs is 6. The highest BCUT2D eigenvalue weighted by Crippen LogP contribution is 2.34. The molecule has 23 heteroatoms. The number of carbonyl (C=O) groups is 5. The average molecular weight is 1150 g/mol. The van der Waals surface area contributed by atoms with Crippen LogP contribution in [0, 0.1) is 0 Å². The molecule has 80 heavy (non-hydrogen) atoms. The first-order valence-electron chi connectivity index (χ1n) is 27.0.